The van der Waals surface area contributed by atoms with Gasteiger partial charge in [0.2, 0.25) is 0 Å². The van der Waals surface area contributed by atoms with Gasteiger partial charge in [-0.15, -0.1) is 0 Å². The Morgan fingerprint density at radius 1 is 1.12 bits per heavy atom. The van der Waals surface area contributed by atoms with Gasteiger partial charge >= 0.3 is 0 Å². The van der Waals surface area contributed by atoms with Crippen molar-refractivity contribution >= 4 is 27.7 Å². The van der Waals surface area contributed by atoms with Crippen molar-refractivity contribution in [2.75, 3.05) is 14.2 Å². The summed E-state index contributed by atoms with van der Waals surface area (Å²) >= 11 is 5.00. The molecular formula is C18H15BrFNO3S. The highest BCUT2D eigenvalue weighted by molar-refractivity contribution is 9.10. The first kappa shape index (κ1) is 17.8. The number of hydrogen-bond donors (Lipinski definition) is 0. The van der Waals surface area contributed by atoms with Gasteiger partial charge in [-0.05, 0) is 42.0 Å². The Bertz CT molecular complexity index is 867. The van der Waals surface area contributed by atoms with Crippen LogP contribution in [0.1, 0.15) is 5.56 Å². The van der Waals surface area contributed by atoms with Crippen LogP contribution in [0, 0.1) is 5.82 Å². The molecule has 3 rings (SSSR count). The van der Waals surface area contributed by atoms with Gasteiger partial charge in [-0.2, -0.15) is 0 Å². The second-order valence-electron chi connectivity index (χ2n) is 5.08. The van der Waals surface area contributed by atoms with Gasteiger partial charge in [0.1, 0.15) is 5.82 Å². The van der Waals surface area contributed by atoms with Crippen molar-refractivity contribution in [2.24, 2.45) is 0 Å². The SMILES string of the molecule is COc1cc(Br)c(CSc2ncc(-c3ccc(F)cc3)o2)cc1OC. The number of nitrogens with zero attached hydrogens (tertiary/aromatic N) is 1. The molecule has 1 heterocycles. The topological polar surface area (TPSA) is 44.5 Å². The Morgan fingerprint density at radius 2 is 1.80 bits per heavy atom. The van der Waals surface area contributed by atoms with Crippen LogP contribution in [-0.4, -0.2) is 19.2 Å². The van der Waals surface area contributed by atoms with E-state index in [0.717, 1.165) is 15.6 Å². The lowest BCUT2D eigenvalue weighted by Crippen LogP contribution is -1.93. The van der Waals surface area contributed by atoms with Crippen LogP contribution in [-0.2, 0) is 5.75 Å². The molecule has 2 aromatic carbocycles. The summed E-state index contributed by atoms with van der Waals surface area (Å²) in [5.41, 5.74) is 1.82. The minimum atomic E-state index is -0.281. The van der Waals surface area contributed by atoms with Gasteiger partial charge in [0.05, 0.1) is 20.4 Å². The van der Waals surface area contributed by atoms with Crippen molar-refractivity contribution < 1.29 is 18.3 Å². The highest BCUT2D eigenvalue weighted by Crippen LogP contribution is 2.36. The summed E-state index contributed by atoms with van der Waals surface area (Å²) < 4.78 is 30.3. The number of ether oxygens (including phenoxy) is 2. The zero-order chi connectivity index (χ0) is 17.8. The van der Waals surface area contributed by atoms with Gasteiger partial charge in [-0.25, -0.2) is 9.37 Å². The van der Waals surface area contributed by atoms with Crippen LogP contribution in [0.3, 0.4) is 0 Å². The van der Waals surface area contributed by atoms with E-state index in [4.69, 9.17) is 13.9 Å². The monoisotopic (exact) mass is 423 g/mol. The zero-order valence-corrected chi connectivity index (χ0v) is 16.0. The van der Waals surface area contributed by atoms with Crippen molar-refractivity contribution in [1.82, 2.24) is 4.98 Å². The fourth-order valence-electron chi connectivity index (χ4n) is 2.22. The molecule has 0 bridgehead atoms. The fourth-order valence-corrected chi connectivity index (χ4v) is 3.66. The fraction of sp³-hybridized carbons (Fsp3) is 0.167. The van der Waals surface area contributed by atoms with E-state index >= 15 is 0 Å². The lowest BCUT2D eigenvalue weighted by molar-refractivity contribution is 0.354. The summed E-state index contributed by atoms with van der Waals surface area (Å²) in [5.74, 6) is 2.30. The minimum Gasteiger partial charge on any atom is -0.493 e. The predicted octanol–water partition coefficient (Wildman–Crippen LogP) is 5.55. The van der Waals surface area contributed by atoms with E-state index in [1.807, 2.05) is 12.1 Å². The smallest absolute Gasteiger partial charge is 0.256 e. The standard InChI is InChI=1S/C18H15BrFNO3S/c1-22-15-7-12(14(19)8-16(15)23-2)10-25-18-21-9-17(24-18)11-3-5-13(20)6-4-11/h3-9H,10H2,1-2H3. The number of rotatable bonds is 6. The summed E-state index contributed by atoms with van der Waals surface area (Å²) in [6.45, 7) is 0. The molecule has 0 saturated heterocycles. The Balaban J connectivity index is 1.73. The molecule has 7 heteroatoms. The van der Waals surface area contributed by atoms with Crippen molar-refractivity contribution in [3.8, 4) is 22.8 Å². The third-order valence-corrected chi connectivity index (χ3v) is 5.15. The third-order valence-electron chi connectivity index (χ3n) is 3.52. The van der Waals surface area contributed by atoms with Crippen LogP contribution in [0.25, 0.3) is 11.3 Å². The molecule has 4 nitrogen and oxygen atoms in total. The molecule has 0 aliphatic rings. The number of methoxy groups -OCH3 is 2. The second-order valence-corrected chi connectivity index (χ2v) is 6.87. The molecule has 1 aromatic heterocycles. The number of oxazole rings is 1. The van der Waals surface area contributed by atoms with Gasteiger partial charge in [0, 0.05) is 15.8 Å². The van der Waals surface area contributed by atoms with E-state index in [-0.39, 0.29) is 5.82 Å². The van der Waals surface area contributed by atoms with E-state index in [0.29, 0.717) is 28.2 Å². The lowest BCUT2D eigenvalue weighted by Gasteiger charge is -2.11. The molecule has 0 saturated carbocycles. The molecule has 0 atom stereocenters. The van der Waals surface area contributed by atoms with Gasteiger partial charge < -0.3 is 13.9 Å². The summed E-state index contributed by atoms with van der Waals surface area (Å²) in [6, 6.07) is 9.90. The average molecular weight is 424 g/mol. The van der Waals surface area contributed by atoms with E-state index in [9.17, 15) is 4.39 Å². The van der Waals surface area contributed by atoms with Crippen LogP contribution in [0.15, 0.2) is 56.7 Å². The Labute approximate surface area is 157 Å². The molecule has 3 aromatic rings. The molecule has 25 heavy (non-hydrogen) atoms. The number of halogens is 2. The maximum Gasteiger partial charge on any atom is 0.256 e. The zero-order valence-electron chi connectivity index (χ0n) is 13.6. The first-order valence-corrected chi connectivity index (χ1v) is 9.13. The Hall–Kier alpha value is -1.99. The molecule has 0 radical (unpaired) electrons. The van der Waals surface area contributed by atoms with Gasteiger partial charge in [-0.3, -0.25) is 0 Å². The first-order chi connectivity index (χ1) is 12.1. The number of aromatic nitrogens is 1. The van der Waals surface area contributed by atoms with Crippen molar-refractivity contribution in [2.45, 2.75) is 11.0 Å². The highest BCUT2D eigenvalue weighted by atomic mass is 79.9. The summed E-state index contributed by atoms with van der Waals surface area (Å²) in [6.07, 6.45) is 1.64. The average Bonchev–Trinajstić information content (AvgIpc) is 3.10. The first-order valence-electron chi connectivity index (χ1n) is 7.35. The van der Waals surface area contributed by atoms with Crippen LogP contribution in [0.5, 0.6) is 11.5 Å². The predicted molar refractivity (Wildman–Crippen MR) is 98.7 cm³/mol. The second kappa shape index (κ2) is 7.93. The van der Waals surface area contributed by atoms with Gasteiger partial charge in [0.15, 0.2) is 17.3 Å². The lowest BCUT2D eigenvalue weighted by atomic mass is 10.2. The van der Waals surface area contributed by atoms with E-state index in [2.05, 4.69) is 20.9 Å². The molecule has 0 aliphatic heterocycles. The third kappa shape index (κ3) is 4.16. The maximum absolute atomic E-state index is 13.0. The molecule has 130 valence electrons. The number of hydrogen-bond acceptors (Lipinski definition) is 5. The summed E-state index contributed by atoms with van der Waals surface area (Å²) in [5, 5.41) is 0.543. The summed E-state index contributed by atoms with van der Waals surface area (Å²) in [7, 11) is 3.20. The van der Waals surface area contributed by atoms with Crippen LogP contribution in [0.4, 0.5) is 4.39 Å². The normalized spacial score (nSPS) is 10.7. The molecule has 0 unspecified atom stereocenters. The van der Waals surface area contributed by atoms with E-state index in [1.165, 1.54) is 23.9 Å². The van der Waals surface area contributed by atoms with Crippen molar-refractivity contribution in [1.29, 1.82) is 0 Å². The van der Waals surface area contributed by atoms with Crippen LogP contribution >= 0.6 is 27.7 Å². The van der Waals surface area contributed by atoms with E-state index in [1.54, 1.807) is 32.5 Å². The van der Waals surface area contributed by atoms with Crippen LogP contribution in [0.2, 0.25) is 0 Å². The molecule has 0 fully saturated rings. The molecule has 0 amide bonds. The van der Waals surface area contributed by atoms with Crippen molar-refractivity contribution in [3.63, 3.8) is 0 Å². The maximum atomic E-state index is 13.0. The van der Waals surface area contributed by atoms with Crippen LogP contribution < -0.4 is 9.47 Å². The van der Waals surface area contributed by atoms with Crippen molar-refractivity contribution in [3.05, 3.63) is 58.4 Å². The summed E-state index contributed by atoms with van der Waals surface area (Å²) in [4.78, 5) is 4.27. The quantitative estimate of drug-likeness (QED) is 0.486. The Kier molecular flexibility index (Phi) is 5.65. The minimum absolute atomic E-state index is 0.281. The molecule has 0 aliphatic carbocycles. The molecule has 0 N–H and O–H groups in total. The number of thioether (sulfide) groups is 1. The van der Waals surface area contributed by atoms with Gasteiger partial charge in [-0.1, -0.05) is 27.7 Å². The largest absolute Gasteiger partial charge is 0.493 e. The van der Waals surface area contributed by atoms with E-state index < -0.39 is 0 Å². The number of benzene rings is 2. The van der Waals surface area contributed by atoms with Gasteiger partial charge in [0.25, 0.3) is 5.22 Å². The Morgan fingerprint density at radius 3 is 2.48 bits per heavy atom. The molecule has 0 spiro atoms. The molecular weight excluding hydrogens is 409 g/mol. The highest BCUT2D eigenvalue weighted by Gasteiger charge is 2.12.